The third-order valence-corrected chi connectivity index (χ3v) is 4.45. The second-order valence-corrected chi connectivity index (χ2v) is 6.43. The molecular weight excluding hydrogens is 331 g/mol. The van der Waals surface area contributed by atoms with E-state index in [4.69, 9.17) is 4.74 Å². The van der Waals surface area contributed by atoms with Gasteiger partial charge in [0.15, 0.2) is 5.96 Å². The van der Waals surface area contributed by atoms with Crippen molar-refractivity contribution in [1.82, 2.24) is 15.6 Å². The number of aliphatic imine (C=N–C) groups is 1. The molecular formula is C20H25FN4O. The molecule has 0 radical (unpaired) electrons. The average molecular weight is 356 g/mol. The zero-order valence-electron chi connectivity index (χ0n) is 15.0. The first kappa shape index (κ1) is 18.2. The molecule has 2 aromatic rings. The Kier molecular flexibility index (Phi) is 6.41. The lowest BCUT2D eigenvalue weighted by Crippen LogP contribution is -2.36. The van der Waals surface area contributed by atoms with Crippen molar-refractivity contribution in [3.63, 3.8) is 0 Å². The lowest BCUT2D eigenvalue weighted by Gasteiger charge is -2.14. The highest BCUT2D eigenvalue weighted by Crippen LogP contribution is 2.23. The molecule has 1 fully saturated rings. The van der Waals surface area contributed by atoms with Gasteiger partial charge >= 0.3 is 0 Å². The highest BCUT2D eigenvalue weighted by atomic mass is 19.1. The van der Waals surface area contributed by atoms with Crippen molar-refractivity contribution in [1.29, 1.82) is 0 Å². The molecule has 3 rings (SSSR count). The summed E-state index contributed by atoms with van der Waals surface area (Å²) < 4.78 is 18.9. The SMILES string of the molecule is CN=C(NCc1ccc(F)cc1)NCc1ccnc(OC2CCCC2)c1. The smallest absolute Gasteiger partial charge is 0.213 e. The van der Waals surface area contributed by atoms with Gasteiger partial charge in [-0.2, -0.15) is 0 Å². The molecule has 0 unspecified atom stereocenters. The standard InChI is InChI=1S/C20H25FN4O/c1-22-20(24-13-15-6-8-17(21)9-7-15)25-14-16-10-11-23-19(12-16)26-18-4-2-3-5-18/h6-12,18H,2-5,13-14H2,1H3,(H2,22,24,25). The topological polar surface area (TPSA) is 58.5 Å². The third-order valence-electron chi connectivity index (χ3n) is 4.45. The van der Waals surface area contributed by atoms with Crippen LogP contribution in [-0.2, 0) is 13.1 Å². The molecule has 0 bridgehead atoms. The van der Waals surface area contributed by atoms with Gasteiger partial charge in [0.2, 0.25) is 5.88 Å². The molecule has 1 heterocycles. The predicted octanol–water partition coefficient (Wildman–Crippen LogP) is 3.41. The van der Waals surface area contributed by atoms with Crippen LogP contribution >= 0.6 is 0 Å². The largest absolute Gasteiger partial charge is 0.474 e. The zero-order valence-corrected chi connectivity index (χ0v) is 15.0. The highest BCUT2D eigenvalue weighted by molar-refractivity contribution is 5.79. The van der Waals surface area contributed by atoms with Gasteiger partial charge in [0, 0.05) is 32.4 Å². The third kappa shape index (κ3) is 5.44. The minimum absolute atomic E-state index is 0.232. The molecule has 0 saturated heterocycles. The Balaban J connectivity index is 1.49. The minimum Gasteiger partial charge on any atom is -0.474 e. The lowest BCUT2D eigenvalue weighted by atomic mass is 10.2. The van der Waals surface area contributed by atoms with Gasteiger partial charge in [0.05, 0.1) is 0 Å². The summed E-state index contributed by atoms with van der Waals surface area (Å²) in [4.78, 5) is 8.52. The van der Waals surface area contributed by atoms with Crippen molar-refractivity contribution < 1.29 is 9.13 Å². The monoisotopic (exact) mass is 356 g/mol. The number of halogens is 1. The van der Waals surface area contributed by atoms with Crippen LogP contribution < -0.4 is 15.4 Å². The van der Waals surface area contributed by atoms with E-state index in [-0.39, 0.29) is 5.82 Å². The molecule has 6 heteroatoms. The first-order valence-corrected chi connectivity index (χ1v) is 9.03. The predicted molar refractivity (Wildman–Crippen MR) is 101 cm³/mol. The van der Waals surface area contributed by atoms with E-state index in [1.165, 1.54) is 25.0 Å². The summed E-state index contributed by atoms with van der Waals surface area (Å²) in [5.74, 6) is 1.14. The van der Waals surface area contributed by atoms with Crippen molar-refractivity contribution >= 4 is 5.96 Å². The van der Waals surface area contributed by atoms with E-state index in [2.05, 4.69) is 20.6 Å². The molecule has 1 aliphatic rings. The maximum absolute atomic E-state index is 12.9. The number of hydrogen-bond donors (Lipinski definition) is 2. The summed E-state index contributed by atoms with van der Waals surface area (Å²) in [5.41, 5.74) is 2.07. The normalized spacial score (nSPS) is 15.1. The number of pyridine rings is 1. The van der Waals surface area contributed by atoms with Gasteiger partial charge in [0.1, 0.15) is 11.9 Å². The highest BCUT2D eigenvalue weighted by Gasteiger charge is 2.17. The number of rotatable bonds is 6. The summed E-state index contributed by atoms with van der Waals surface area (Å²) in [7, 11) is 1.72. The number of benzene rings is 1. The zero-order chi connectivity index (χ0) is 18.2. The Morgan fingerprint density at radius 2 is 1.81 bits per heavy atom. The van der Waals surface area contributed by atoms with Gasteiger partial charge in [-0.25, -0.2) is 9.37 Å². The van der Waals surface area contributed by atoms with Crippen LogP contribution in [-0.4, -0.2) is 24.1 Å². The van der Waals surface area contributed by atoms with Crippen molar-refractivity contribution in [3.05, 3.63) is 59.5 Å². The second kappa shape index (κ2) is 9.17. The number of guanidine groups is 1. The Hall–Kier alpha value is -2.63. The van der Waals surface area contributed by atoms with Crippen molar-refractivity contribution in [2.24, 2.45) is 4.99 Å². The number of nitrogens with one attached hydrogen (secondary N) is 2. The number of nitrogens with zero attached hydrogens (tertiary/aromatic N) is 2. The van der Waals surface area contributed by atoms with Gasteiger partial charge in [-0.15, -0.1) is 0 Å². The first-order valence-electron chi connectivity index (χ1n) is 9.03. The van der Waals surface area contributed by atoms with Gasteiger partial charge in [-0.05, 0) is 55.0 Å². The van der Waals surface area contributed by atoms with E-state index < -0.39 is 0 Å². The van der Waals surface area contributed by atoms with E-state index in [1.54, 1.807) is 25.4 Å². The van der Waals surface area contributed by atoms with Crippen LogP contribution in [0.15, 0.2) is 47.6 Å². The quantitative estimate of drug-likeness (QED) is 0.615. The fourth-order valence-electron chi connectivity index (χ4n) is 3.00. The summed E-state index contributed by atoms with van der Waals surface area (Å²) in [6.07, 6.45) is 6.78. The summed E-state index contributed by atoms with van der Waals surface area (Å²) in [6, 6.07) is 10.3. The lowest BCUT2D eigenvalue weighted by molar-refractivity contribution is 0.201. The molecule has 26 heavy (non-hydrogen) atoms. The first-order chi connectivity index (χ1) is 12.7. The Labute approximate surface area is 153 Å². The van der Waals surface area contributed by atoms with Crippen LogP contribution in [0.5, 0.6) is 5.88 Å². The van der Waals surface area contributed by atoms with Gasteiger partial charge in [-0.3, -0.25) is 4.99 Å². The second-order valence-electron chi connectivity index (χ2n) is 6.43. The molecule has 0 amide bonds. The summed E-state index contributed by atoms with van der Waals surface area (Å²) in [6.45, 7) is 1.19. The van der Waals surface area contributed by atoms with Crippen LogP contribution in [0.4, 0.5) is 4.39 Å². The van der Waals surface area contributed by atoms with Crippen molar-refractivity contribution in [2.45, 2.75) is 44.9 Å². The fraction of sp³-hybridized carbons (Fsp3) is 0.400. The van der Waals surface area contributed by atoms with Crippen LogP contribution in [0, 0.1) is 5.82 Å². The number of hydrogen-bond acceptors (Lipinski definition) is 3. The van der Waals surface area contributed by atoms with Gasteiger partial charge in [-0.1, -0.05) is 12.1 Å². The molecule has 1 aromatic heterocycles. The molecule has 0 atom stereocenters. The molecule has 1 aromatic carbocycles. The molecule has 1 saturated carbocycles. The number of aromatic nitrogens is 1. The van der Waals surface area contributed by atoms with E-state index in [0.717, 1.165) is 24.0 Å². The minimum atomic E-state index is -0.232. The van der Waals surface area contributed by atoms with Crippen LogP contribution in [0.3, 0.4) is 0 Å². The van der Waals surface area contributed by atoms with E-state index in [1.807, 2.05) is 12.1 Å². The van der Waals surface area contributed by atoms with Crippen LogP contribution in [0.2, 0.25) is 0 Å². The Morgan fingerprint density at radius 3 is 2.50 bits per heavy atom. The van der Waals surface area contributed by atoms with Gasteiger partial charge in [0.25, 0.3) is 0 Å². The van der Waals surface area contributed by atoms with E-state index >= 15 is 0 Å². The summed E-state index contributed by atoms with van der Waals surface area (Å²) in [5, 5.41) is 6.49. The maximum atomic E-state index is 12.9. The maximum Gasteiger partial charge on any atom is 0.213 e. The Morgan fingerprint density at radius 1 is 1.12 bits per heavy atom. The molecule has 0 aliphatic heterocycles. The fourth-order valence-corrected chi connectivity index (χ4v) is 3.00. The van der Waals surface area contributed by atoms with E-state index in [9.17, 15) is 4.39 Å². The average Bonchev–Trinajstić information content (AvgIpc) is 3.16. The molecule has 0 spiro atoms. The van der Waals surface area contributed by atoms with E-state index in [0.29, 0.717) is 31.0 Å². The molecule has 1 aliphatic carbocycles. The number of ether oxygens (including phenoxy) is 1. The Bertz CT molecular complexity index is 727. The van der Waals surface area contributed by atoms with Crippen molar-refractivity contribution in [3.8, 4) is 5.88 Å². The van der Waals surface area contributed by atoms with Crippen LogP contribution in [0.1, 0.15) is 36.8 Å². The van der Waals surface area contributed by atoms with Crippen molar-refractivity contribution in [2.75, 3.05) is 7.05 Å². The molecule has 5 nitrogen and oxygen atoms in total. The molecule has 138 valence electrons. The molecule has 2 N–H and O–H groups in total. The van der Waals surface area contributed by atoms with Crippen LogP contribution in [0.25, 0.3) is 0 Å². The van der Waals surface area contributed by atoms with Gasteiger partial charge < -0.3 is 15.4 Å². The summed E-state index contributed by atoms with van der Waals surface area (Å²) >= 11 is 0.